The molecule has 1 heterocycles. The van der Waals surface area contributed by atoms with E-state index in [0.717, 1.165) is 5.82 Å². The summed E-state index contributed by atoms with van der Waals surface area (Å²) in [5, 5.41) is 4.22. The average Bonchev–Trinajstić information content (AvgIpc) is 2.65. The van der Waals surface area contributed by atoms with Gasteiger partial charge in [0.15, 0.2) is 5.82 Å². The molecule has 1 aliphatic rings. The van der Waals surface area contributed by atoms with Crippen LogP contribution in [0.2, 0.25) is 0 Å². The van der Waals surface area contributed by atoms with Gasteiger partial charge in [-0.2, -0.15) is 4.98 Å². The largest absolute Gasteiger partial charge is 0.339 e. The summed E-state index contributed by atoms with van der Waals surface area (Å²) < 4.78 is 5.51. The minimum atomic E-state index is -0.389. The third-order valence-electron chi connectivity index (χ3n) is 4.81. The summed E-state index contributed by atoms with van der Waals surface area (Å²) in [4.78, 5) is 4.66. The zero-order valence-electron chi connectivity index (χ0n) is 12.7. The number of nitrogens with zero attached hydrogens (tertiary/aromatic N) is 2. The quantitative estimate of drug-likeness (QED) is 0.849. The van der Waals surface area contributed by atoms with Crippen molar-refractivity contribution in [2.24, 2.45) is 5.73 Å². The minimum absolute atomic E-state index is 0.316. The normalized spacial score (nSPS) is 19.4. The van der Waals surface area contributed by atoms with Crippen LogP contribution in [-0.2, 0) is 5.41 Å². The molecule has 0 aromatic carbocycles. The van der Waals surface area contributed by atoms with Gasteiger partial charge in [-0.15, -0.1) is 0 Å². The molecule has 0 atom stereocenters. The van der Waals surface area contributed by atoms with Crippen LogP contribution in [-0.4, -0.2) is 15.7 Å². The van der Waals surface area contributed by atoms with Crippen molar-refractivity contribution in [2.75, 3.05) is 0 Å². The van der Waals surface area contributed by atoms with E-state index < -0.39 is 0 Å². The first-order valence-electron chi connectivity index (χ1n) is 7.45. The van der Waals surface area contributed by atoms with Crippen LogP contribution in [0.25, 0.3) is 0 Å². The van der Waals surface area contributed by atoms with Gasteiger partial charge in [0.1, 0.15) is 0 Å². The second-order valence-corrected chi connectivity index (χ2v) is 6.99. The summed E-state index contributed by atoms with van der Waals surface area (Å²) in [6.07, 6.45) is 7.60. The predicted molar refractivity (Wildman–Crippen MR) is 76.0 cm³/mol. The van der Waals surface area contributed by atoms with Crippen LogP contribution in [0.5, 0.6) is 0 Å². The van der Waals surface area contributed by atoms with E-state index in [2.05, 4.69) is 24.0 Å². The highest BCUT2D eigenvalue weighted by Crippen LogP contribution is 2.34. The molecule has 0 aliphatic heterocycles. The van der Waals surface area contributed by atoms with Crippen molar-refractivity contribution < 1.29 is 4.52 Å². The van der Waals surface area contributed by atoms with Gasteiger partial charge < -0.3 is 10.3 Å². The number of nitrogens with two attached hydrogens (primary N) is 1. The van der Waals surface area contributed by atoms with E-state index in [9.17, 15) is 0 Å². The second-order valence-electron chi connectivity index (χ2n) is 6.99. The van der Waals surface area contributed by atoms with Gasteiger partial charge in [-0.3, -0.25) is 0 Å². The summed E-state index contributed by atoms with van der Waals surface area (Å²) in [6.45, 7) is 8.14. The Balaban J connectivity index is 2.18. The van der Waals surface area contributed by atoms with Crippen molar-refractivity contribution in [3.63, 3.8) is 0 Å². The smallest absolute Gasteiger partial charge is 0.234 e. The van der Waals surface area contributed by atoms with Crippen molar-refractivity contribution >= 4 is 0 Å². The average molecular weight is 265 g/mol. The summed E-state index contributed by atoms with van der Waals surface area (Å²) >= 11 is 0. The van der Waals surface area contributed by atoms with Gasteiger partial charge >= 0.3 is 0 Å². The zero-order chi connectivity index (χ0) is 14.1. The highest BCUT2D eigenvalue weighted by molar-refractivity contribution is 5.12. The lowest BCUT2D eigenvalue weighted by Crippen LogP contribution is -2.50. The van der Waals surface area contributed by atoms with Crippen molar-refractivity contribution in [3.8, 4) is 0 Å². The molecule has 0 amide bonds. The lowest BCUT2D eigenvalue weighted by Gasteiger charge is -2.34. The molecule has 4 nitrogen and oxygen atoms in total. The van der Waals surface area contributed by atoms with E-state index in [1.165, 1.54) is 38.5 Å². The van der Waals surface area contributed by atoms with Gasteiger partial charge in [-0.1, -0.05) is 30.8 Å². The number of hydrogen-bond donors (Lipinski definition) is 1. The molecule has 0 saturated heterocycles. The molecule has 1 aromatic rings. The van der Waals surface area contributed by atoms with Crippen LogP contribution >= 0.6 is 0 Å². The topological polar surface area (TPSA) is 64.9 Å². The molecule has 0 spiro atoms. The zero-order valence-corrected chi connectivity index (χ0v) is 12.7. The van der Waals surface area contributed by atoms with Gasteiger partial charge in [0.05, 0.1) is 5.41 Å². The molecule has 2 N–H and O–H groups in total. The fraction of sp³-hybridized carbons (Fsp3) is 0.867. The van der Waals surface area contributed by atoms with Crippen molar-refractivity contribution in [3.05, 3.63) is 11.7 Å². The van der Waals surface area contributed by atoms with Gasteiger partial charge in [0, 0.05) is 11.5 Å². The van der Waals surface area contributed by atoms with Crippen LogP contribution in [0.4, 0.5) is 0 Å². The first-order valence-corrected chi connectivity index (χ1v) is 7.45. The van der Waals surface area contributed by atoms with Gasteiger partial charge in [0.2, 0.25) is 5.89 Å². The molecule has 0 unspecified atom stereocenters. The second kappa shape index (κ2) is 5.23. The summed E-state index contributed by atoms with van der Waals surface area (Å²) in [7, 11) is 0. The molecule has 1 aromatic heterocycles. The molecule has 2 rings (SSSR count). The number of aromatic nitrogens is 2. The Kier molecular flexibility index (Phi) is 4.00. The maximum Gasteiger partial charge on any atom is 0.234 e. The molecule has 1 aliphatic carbocycles. The van der Waals surface area contributed by atoms with Crippen LogP contribution in [0, 0.1) is 0 Å². The molecule has 1 saturated carbocycles. The molecule has 19 heavy (non-hydrogen) atoms. The molecule has 0 radical (unpaired) electrons. The highest BCUT2D eigenvalue weighted by Gasteiger charge is 2.40. The SMILES string of the molecule is CC(C)(N)C(C)(C)c1nc(C2CCCCCC2)no1. The maximum absolute atomic E-state index is 6.23. The summed E-state index contributed by atoms with van der Waals surface area (Å²) in [5.41, 5.74) is 5.53. The van der Waals surface area contributed by atoms with Crippen molar-refractivity contribution in [1.29, 1.82) is 0 Å². The predicted octanol–water partition coefficient (Wildman–Crippen LogP) is 3.52. The van der Waals surface area contributed by atoms with Crippen LogP contribution < -0.4 is 5.73 Å². The number of hydrogen-bond acceptors (Lipinski definition) is 4. The third kappa shape index (κ3) is 2.99. The molecule has 108 valence electrons. The van der Waals surface area contributed by atoms with Crippen molar-refractivity contribution in [1.82, 2.24) is 10.1 Å². The van der Waals surface area contributed by atoms with Gasteiger partial charge in [0.25, 0.3) is 0 Å². The molecule has 4 heteroatoms. The Hall–Kier alpha value is -0.900. The standard InChI is InChI=1S/C15H27N3O/c1-14(2,15(3,4)16)13-17-12(18-19-13)11-9-7-5-6-8-10-11/h11H,5-10,16H2,1-4H3. The first kappa shape index (κ1) is 14.5. The lowest BCUT2D eigenvalue weighted by molar-refractivity contribution is 0.222. The fourth-order valence-electron chi connectivity index (χ4n) is 2.47. The molecule has 1 fully saturated rings. The Morgan fingerprint density at radius 1 is 1.05 bits per heavy atom. The third-order valence-corrected chi connectivity index (χ3v) is 4.81. The summed E-state index contributed by atoms with van der Waals surface area (Å²) in [6, 6.07) is 0. The monoisotopic (exact) mass is 265 g/mol. The van der Waals surface area contributed by atoms with E-state index in [1.807, 2.05) is 13.8 Å². The van der Waals surface area contributed by atoms with Gasteiger partial charge in [-0.05, 0) is 40.5 Å². The lowest BCUT2D eigenvalue weighted by atomic mass is 9.75. The summed E-state index contributed by atoms with van der Waals surface area (Å²) in [5.74, 6) is 2.02. The van der Waals surface area contributed by atoms with E-state index in [4.69, 9.17) is 10.3 Å². The first-order chi connectivity index (χ1) is 8.82. The molecular weight excluding hydrogens is 238 g/mol. The maximum atomic E-state index is 6.23. The van der Waals surface area contributed by atoms with E-state index in [0.29, 0.717) is 11.8 Å². The Morgan fingerprint density at radius 2 is 1.63 bits per heavy atom. The van der Waals surface area contributed by atoms with Crippen LogP contribution in [0.3, 0.4) is 0 Å². The highest BCUT2D eigenvalue weighted by atomic mass is 16.5. The van der Waals surface area contributed by atoms with E-state index in [-0.39, 0.29) is 11.0 Å². The van der Waals surface area contributed by atoms with Gasteiger partial charge in [-0.25, -0.2) is 0 Å². The molecule has 0 bridgehead atoms. The Morgan fingerprint density at radius 3 is 2.16 bits per heavy atom. The fourth-order valence-corrected chi connectivity index (χ4v) is 2.47. The van der Waals surface area contributed by atoms with E-state index in [1.54, 1.807) is 0 Å². The molecular formula is C15H27N3O. The van der Waals surface area contributed by atoms with Crippen LogP contribution in [0.15, 0.2) is 4.52 Å². The number of rotatable bonds is 3. The van der Waals surface area contributed by atoms with E-state index >= 15 is 0 Å². The van der Waals surface area contributed by atoms with Crippen LogP contribution in [0.1, 0.15) is 83.9 Å². The van der Waals surface area contributed by atoms with Crippen molar-refractivity contribution in [2.45, 2.75) is 83.1 Å². The minimum Gasteiger partial charge on any atom is -0.339 e. The Bertz CT molecular complexity index is 409. The Labute approximate surface area is 116 Å².